The Hall–Kier alpha value is -1.41. The van der Waals surface area contributed by atoms with Gasteiger partial charge in [-0.15, -0.1) is 0 Å². The van der Waals surface area contributed by atoms with Crippen molar-refractivity contribution in [3.8, 4) is 0 Å². The second kappa shape index (κ2) is 8.52. The summed E-state index contributed by atoms with van der Waals surface area (Å²) < 4.78 is 7.33. The molecule has 0 N–H and O–H groups in total. The van der Waals surface area contributed by atoms with E-state index < -0.39 is 5.97 Å². The summed E-state index contributed by atoms with van der Waals surface area (Å²) >= 11 is 9.38. The van der Waals surface area contributed by atoms with Crippen molar-refractivity contribution in [3.05, 3.63) is 50.7 Å². The molecule has 3 rings (SSSR count). The Labute approximate surface area is 166 Å². The van der Waals surface area contributed by atoms with Crippen molar-refractivity contribution in [3.63, 3.8) is 0 Å². The first-order valence-corrected chi connectivity index (χ1v) is 9.65. The van der Waals surface area contributed by atoms with Crippen molar-refractivity contribution in [2.24, 2.45) is 0 Å². The van der Waals surface area contributed by atoms with E-state index in [2.05, 4.69) is 43.0 Å². The van der Waals surface area contributed by atoms with Crippen LogP contribution in [-0.4, -0.2) is 58.8 Å². The molecule has 1 saturated heterocycles. The molecule has 1 aliphatic heterocycles. The molecular weight excluding hydrogens is 420 g/mol. The molecule has 0 spiro atoms. The predicted molar refractivity (Wildman–Crippen MR) is 104 cm³/mol. The van der Waals surface area contributed by atoms with Crippen LogP contribution in [-0.2, 0) is 18.0 Å². The number of hydrogen-bond donors (Lipinski definition) is 0. The number of halogens is 2. The Morgan fingerprint density at radius 1 is 1.19 bits per heavy atom. The topological polar surface area (TPSA) is 50.6 Å². The van der Waals surface area contributed by atoms with Gasteiger partial charge in [0.05, 0.1) is 23.9 Å². The molecule has 0 saturated carbocycles. The Kier molecular flexibility index (Phi) is 6.34. The fraction of sp³-hybridized carbons (Fsp3) is 0.444. The fourth-order valence-corrected chi connectivity index (χ4v) is 3.59. The molecule has 26 heavy (non-hydrogen) atoms. The van der Waals surface area contributed by atoms with Gasteiger partial charge in [0.2, 0.25) is 0 Å². The van der Waals surface area contributed by atoms with Crippen LogP contribution in [0.4, 0.5) is 0 Å². The highest BCUT2D eigenvalue weighted by molar-refractivity contribution is 9.10. The number of aromatic nitrogens is 2. The van der Waals surface area contributed by atoms with Crippen LogP contribution < -0.4 is 0 Å². The Morgan fingerprint density at radius 2 is 1.81 bits per heavy atom. The molecule has 8 heteroatoms. The third-order valence-corrected chi connectivity index (χ3v) is 5.83. The molecular formula is C18H22BrClN4O2. The molecule has 0 bridgehead atoms. The minimum atomic E-state index is -0.425. The Bertz CT molecular complexity index is 770. The SMILES string of the molecule is COC(=O)c1nn(CN2CCN(Cc3ccc(Cl)cc3)CC2)c(C)c1Br. The van der Waals surface area contributed by atoms with Gasteiger partial charge in [-0.1, -0.05) is 23.7 Å². The molecule has 1 aliphatic rings. The molecule has 0 atom stereocenters. The number of esters is 1. The van der Waals surface area contributed by atoms with Crippen molar-refractivity contribution >= 4 is 33.5 Å². The third kappa shape index (κ3) is 4.46. The summed E-state index contributed by atoms with van der Waals surface area (Å²) in [6.45, 7) is 7.44. The maximum absolute atomic E-state index is 11.8. The molecule has 0 aliphatic carbocycles. The third-order valence-electron chi connectivity index (χ3n) is 4.63. The highest BCUT2D eigenvalue weighted by atomic mass is 79.9. The number of ether oxygens (including phenoxy) is 1. The molecule has 1 fully saturated rings. The number of nitrogens with zero attached hydrogens (tertiary/aromatic N) is 4. The van der Waals surface area contributed by atoms with E-state index in [9.17, 15) is 4.79 Å². The summed E-state index contributed by atoms with van der Waals surface area (Å²) in [5.74, 6) is -0.425. The first-order valence-electron chi connectivity index (χ1n) is 8.48. The van der Waals surface area contributed by atoms with Crippen LogP contribution in [0.15, 0.2) is 28.7 Å². The van der Waals surface area contributed by atoms with Crippen LogP contribution in [0.1, 0.15) is 21.7 Å². The van der Waals surface area contributed by atoms with Gasteiger partial charge in [-0.3, -0.25) is 14.5 Å². The van der Waals surface area contributed by atoms with E-state index >= 15 is 0 Å². The Balaban J connectivity index is 1.56. The van der Waals surface area contributed by atoms with Crippen LogP contribution in [0.25, 0.3) is 0 Å². The number of hydrogen-bond acceptors (Lipinski definition) is 5. The normalized spacial score (nSPS) is 16.0. The first-order chi connectivity index (χ1) is 12.5. The van der Waals surface area contributed by atoms with E-state index in [1.807, 2.05) is 23.7 Å². The van der Waals surface area contributed by atoms with Crippen LogP contribution in [0.2, 0.25) is 5.02 Å². The zero-order valence-electron chi connectivity index (χ0n) is 14.9. The zero-order chi connectivity index (χ0) is 18.7. The van der Waals surface area contributed by atoms with Gasteiger partial charge >= 0.3 is 5.97 Å². The van der Waals surface area contributed by atoms with Gasteiger partial charge in [0.25, 0.3) is 0 Å². The Morgan fingerprint density at radius 3 is 2.42 bits per heavy atom. The number of carbonyl (C=O) groups excluding carboxylic acids is 1. The lowest BCUT2D eigenvalue weighted by molar-refractivity contribution is 0.0589. The molecule has 140 valence electrons. The van der Waals surface area contributed by atoms with Gasteiger partial charge in [0.1, 0.15) is 0 Å². The van der Waals surface area contributed by atoms with Crippen LogP contribution >= 0.6 is 27.5 Å². The van der Waals surface area contributed by atoms with Crippen molar-refractivity contribution in [2.75, 3.05) is 33.3 Å². The molecule has 2 heterocycles. The molecule has 0 radical (unpaired) electrons. The summed E-state index contributed by atoms with van der Waals surface area (Å²) in [6, 6.07) is 8.02. The van der Waals surface area contributed by atoms with Gasteiger partial charge in [0.15, 0.2) is 5.69 Å². The van der Waals surface area contributed by atoms with Crippen LogP contribution in [0, 0.1) is 6.92 Å². The van der Waals surface area contributed by atoms with Crippen molar-refractivity contribution in [1.82, 2.24) is 19.6 Å². The highest BCUT2D eigenvalue weighted by Crippen LogP contribution is 2.22. The van der Waals surface area contributed by atoms with Gasteiger partial charge in [-0.25, -0.2) is 4.79 Å². The summed E-state index contributed by atoms with van der Waals surface area (Å²) in [7, 11) is 1.36. The average molecular weight is 442 g/mol. The molecule has 6 nitrogen and oxygen atoms in total. The quantitative estimate of drug-likeness (QED) is 0.667. The minimum absolute atomic E-state index is 0.325. The van der Waals surface area contributed by atoms with Gasteiger partial charge < -0.3 is 4.74 Å². The van der Waals surface area contributed by atoms with E-state index in [-0.39, 0.29) is 0 Å². The van der Waals surface area contributed by atoms with Gasteiger partial charge in [-0.05, 0) is 40.5 Å². The highest BCUT2D eigenvalue weighted by Gasteiger charge is 2.22. The summed E-state index contributed by atoms with van der Waals surface area (Å²) in [4.78, 5) is 16.5. The van der Waals surface area contributed by atoms with Crippen molar-refractivity contribution in [1.29, 1.82) is 0 Å². The predicted octanol–water partition coefficient (Wildman–Crippen LogP) is 3.17. The average Bonchev–Trinajstić information content (AvgIpc) is 2.93. The summed E-state index contributed by atoms with van der Waals surface area (Å²) in [6.07, 6.45) is 0. The monoisotopic (exact) mass is 440 g/mol. The molecule has 1 aromatic heterocycles. The van der Waals surface area contributed by atoms with E-state index in [4.69, 9.17) is 16.3 Å². The van der Waals surface area contributed by atoms with Gasteiger partial charge in [0, 0.05) is 37.7 Å². The van der Waals surface area contributed by atoms with Crippen molar-refractivity contribution in [2.45, 2.75) is 20.1 Å². The van der Waals surface area contributed by atoms with Crippen molar-refractivity contribution < 1.29 is 9.53 Å². The molecule has 0 amide bonds. The number of piperazine rings is 1. The second-order valence-corrected chi connectivity index (χ2v) is 7.63. The largest absolute Gasteiger partial charge is 0.464 e. The summed E-state index contributed by atoms with van der Waals surface area (Å²) in [5, 5.41) is 5.17. The fourth-order valence-electron chi connectivity index (χ4n) is 3.02. The van der Waals surface area contributed by atoms with E-state index in [1.165, 1.54) is 12.7 Å². The maximum Gasteiger partial charge on any atom is 0.359 e. The van der Waals surface area contributed by atoms with E-state index in [0.29, 0.717) is 16.8 Å². The molecule has 0 unspecified atom stereocenters. The smallest absolute Gasteiger partial charge is 0.359 e. The molecule has 1 aromatic carbocycles. The lowest BCUT2D eigenvalue weighted by Crippen LogP contribution is -2.46. The van der Waals surface area contributed by atoms with Gasteiger partial charge in [-0.2, -0.15) is 5.10 Å². The number of methoxy groups -OCH3 is 1. The van der Waals surface area contributed by atoms with E-state index in [0.717, 1.165) is 43.4 Å². The summed E-state index contributed by atoms with van der Waals surface area (Å²) in [5.41, 5.74) is 2.53. The standard InChI is InChI=1S/C18H22BrClN4O2/c1-13-16(19)17(18(25)26-2)21-24(13)12-23-9-7-22(8-10-23)11-14-3-5-15(20)6-4-14/h3-6H,7-12H2,1-2H3. The lowest BCUT2D eigenvalue weighted by Gasteiger charge is -2.34. The van der Waals surface area contributed by atoms with Crippen LogP contribution in [0.3, 0.4) is 0 Å². The minimum Gasteiger partial charge on any atom is -0.464 e. The van der Waals surface area contributed by atoms with E-state index in [1.54, 1.807) is 0 Å². The lowest BCUT2D eigenvalue weighted by atomic mass is 10.2. The first kappa shape index (κ1) is 19.4. The zero-order valence-corrected chi connectivity index (χ0v) is 17.3. The number of benzene rings is 1. The maximum atomic E-state index is 11.8. The second-order valence-electron chi connectivity index (χ2n) is 6.40. The van der Waals surface area contributed by atoms with Crippen LogP contribution in [0.5, 0.6) is 0 Å². The number of rotatable bonds is 5. The molecule has 2 aromatic rings. The number of carbonyl (C=O) groups is 1.